The number of benzene rings is 1. The number of hydrogen-bond acceptors (Lipinski definition) is 4. The average molecular weight is 349 g/mol. The van der Waals surface area contributed by atoms with Crippen LogP contribution in [0.3, 0.4) is 0 Å². The minimum atomic E-state index is -4.01. The van der Waals surface area contributed by atoms with Crippen molar-refractivity contribution in [3.63, 3.8) is 0 Å². The lowest BCUT2D eigenvalue weighted by Gasteiger charge is -2.08. The van der Waals surface area contributed by atoms with E-state index in [9.17, 15) is 12.8 Å². The molecule has 0 amide bonds. The summed E-state index contributed by atoms with van der Waals surface area (Å²) in [6, 6.07) is 5.58. The van der Waals surface area contributed by atoms with Gasteiger partial charge in [0.1, 0.15) is 10.7 Å². The number of hydrogen-bond donors (Lipinski definition) is 2. The fraction of sp³-hybridized carbons (Fsp3) is 0.0909. The van der Waals surface area contributed by atoms with Crippen LogP contribution >= 0.6 is 15.9 Å². The summed E-state index contributed by atoms with van der Waals surface area (Å²) < 4.78 is 45.0. The molecule has 0 unspecified atom stereocenters. The molecule has 1 aromatic carbocycles. The van der Waals surface area contributed by atoms with Crippen molar-refractivity contribution in [2.75, 3.05) is 5.73 Å². The number of nitrogens with two attached hydrogens (primary N) is 1. The molecule has 0 spiro atoms. The van der Waals surface area contributed by atoms with Crippen molar-refractivity contribution >= 4 is 31.6 Å². The Kier molecular flexibility index (Phi) is 3.93. The molecule has 0 saturated heterocycles. The Balaban J connectivity index is 2.29. The van der Waals surface area contributed by atoms with Crippen LogP contribution in [0.5, 0.6) is 0 Å². The van der Waals surface area contributed by atoms with Crippen molar-refractivity contribution in [1.29, 1.82) is 0 Å². The van der Waals surface area contributed by atoms with Gasteiger partial charge in [0.25, 0.3) is 0 Å². The van der Waals surface area contributed by atoms with Gasteiger partial charge in [-0.3, -0.25) is 0 Å². The molecule has 0 aliphatic rings. The standard InChI is InChI=1S/C11H10BrFN2O3S/c12-9-4-7(14)5-10(11(9)13)19(16,17)15-6-8-2-1-3-18-8/h1-5,15H,6,14H2. The van der Waals surface area contributed by atoms with Gasteiger partial charge in [-0.1, -0.05) is 0 Å². The molecule has 0 saturated carbocycles. The summed E-state index contributed by atoms with van der Waals surface area (Å²) in [6.45, 7) is -0.0683. The molecule has 0 aliphatic carbocycles. The van der Waals surface area contributed by atoms with Crippen LogP contribution in [0, 0.1) is 5.82 Å². The summed E-state index contributed by atoms with van der Waals surface area (Å²) in [5.41, 5.74) is 5.65. The zero-order valence-electron chi connectivity index (χ0n) is 9.56. The second-order valence-corrected chi connectivity index (χ2v) is 6.31. The van der Waals surface area contributed by atoms with E-state index < -0.39 is 20.7 Å². The lowest BCUT2D eigenvalue weighted by Crippen LogP contribution is -2.24. The highest BCUT2D eigenvalue weighted by atomic mass is 79.9. The Labute approximate surface area is 117 Å². The lowest BCUT2D eigenvalue weighted by atomic mass is 10.3. The number of rotatable bonds is 4. The van der Waals surface area contributed by atoms with Gasteiger partial charge in [-0.15, -0.1) is 0 Å². The number of halogens is 2. The van der Waals surface area contributed by atoms with Gasteiger partial charge in [0.2, 0.25) is 10.0 Å². The van der Waals surface area contributed by atoms with Crippen LogP contribution in [0.25, 0.3) is 0 Å². The highest BCUT2D eigenvalue weighted by Crippen LogP contribution is 2.26. The molecule has 1 heterocycles. The van der Waals surface area contributed by atoms with Crippen LogP contribution in [0.15, 0.2) is 44.3 Å². The molecule has 1 aromatic heterocycles. The first-order valence-corrected chi connectivity index (χ1v) is 7.44. The van der Waals surface area contributed by atoms with E-state index >= 15 is 0 Å². The zero-order valence-corrected chi connectivity index (χ0v) is 12.0. The van der Waals surface area contributed by atoms with Gasteiger partial charge in [-0.05, 0) is 40.2 Å². The second-order valence-electron chi connectivity index (χ2n) is 3.72. The van der Waals surface area contributed by atoms with E-state index in [-0.39, 0.29) is 16.7 Å². The third-order valence-corrected chi connectivity index (χ3v) is 4.30. The van der Waals surface area contributed by atoms with Crippen molar-refractivity contribution in [3.8, 4) is 0 Å². The molecule has 0 fully saturated rings. The van der Waals surface area contributed by atoms with Crippen LogP contribution in [0.4, 0.5) is 10.1 Å². The average Bonchev–Trinajstić information content (AvgIpc) is 2.84. The van der Waals surface area contributed by atoms with E-state index in [1.165, 1.54) is 12.3 Å². The monoisotopic (exact) mass is 348 g/mol. The van der Waals surface area contributed by atoms with Gasteiger partial charge in [0, 0.05) is 5.69 Å². The van der Waals surface area contributed by atoms with Crippen LogP contribution in [-0.2, 0) is 16.6 Å². The molecular weight excluding hydrogens is 339 g/mol. The summed E-state index contributed by atoms with van der Waals surface area (Å²) in [7, 11) is -4.01. The summed E-state index contributed by atoms with van der Waals surface area (Å²) in [4.78, 5) is -0.508. The quantitative estimate of drug-likeness (QED) is 0.829. The van der Waals surface area contributed by atoms with E-state index in [4.69, 9.17) is 10.2 Å². The fourth-order valence-corrected chi connectivity index (χ4v) is 3.17. The van der Waals surface area contributed by atoms with Gasteiger partial charge in [0.15, 0.2) is 5.82 Å². The van der Waals surface area contributed by atoms with Crippen molar-refractivity contribution in [2.24, 2.45) is 0 Å². The molecule has 0 aliphatic heterocycles. The maximum Gasteiger partial charge on any atom is 0.244 e. The number of nitrogen functional groups attached to an aromatic ring is 1. The highest BCUT2D eigenvalue weighted by molar-refractivity contribution is 9.10. The normalized spacial score (nSPS) is 11.7. The Morgan fingerprint density at radius 2 is 2.16 bits per heavy atom. The second kappa shape index (κ2) is 5.32. The van der Waals surface area contributed by atoms with Gasteiger partial charge in [0.05, 0.1) is 17.3 Å². The predicted molar refractivity (Wildman–Crippen MR) is 71.2 cm³/mol. The molecule has 8 heteroatoms. The third-order valence-electron chi connectivity index (χ3n) is 2.32. The van der Waals surface area contributed by atoms with E-state index in [1.54, 1.807) is 12.1 Å². The Morgan fingerprint density at radius 1 is 1.42 bits per heavy atom. The van der Waals surface area contributed by atoms with Crippen LogP contribution in [0.2, 0.25) is 0 Å². The first-order chi connectivity index (χ1) is 8.90. The Hall–Kier alpha value is -1.38. The number of anilines is 1. The number of sulfonamides is 1. The van der Waals surface area contributed by atoms with Crippen molar-refractivity contribution < 1.29 is 17.2 Å². The minimum Gasteiger partial charge on any atom is -0.468 e. The van der Waals surface area contributed by atoms with E-state index in [1.807, 2.05) is 0 Å². The van der Waals surface area contributed by atoms with Gasteiger partial charge in [-0.2, -0.15) is 0 Å². The smallest absolute Gasteiger partial charge is 0.244 e. The molecule has 5 nitrogen and oxygen atoms in total. The largest absolute Gasteiger partial charge is 0.468 e. The number of furan rings is 1. The molecule has 19 heavy (non-hydrogen) atoms. The maximum absolute atomic E-state index is 13.8. The first-order valence-electron chi connectivity index (χ1n) is 5.17. The highest BCUT2D eigenvalue weighted by Gasteiger charge is 2.21. The minimum absolute atomic E-state index is 0.00845. The van der Waals surface area contributed by atoms with E-state index in [0.29, 0.717) is 5.76 Å². The van der Waals surface area contributed by atoms with Crippen LogP contribution in [-0.4, -0.2) is 8.42 Å². The lowest BCUT2D eigenvalue weighted by molar-refractivity contribution is 0.496. The van der Waals surface area contributed by atoms with Gasteiger partial charge >= 0.3 is 0 Å². The first kappa shape index (κ1) is 14.0. The van der Waals surface area contributed by atoms with Crippen molar-refractivity contribution in [1.82, 2.24) is 4.72 Å². The maximum atomic E-state index is 13.8. The molecule has 102 valence electrons. The topological polar surface area (TPSA) is 85.3 Å². The van der Waals surface area contributed by atoms with Crippen molar-refractivity contribution in [2.45, 2.75) is 11.4 Å². The van der Waals surface area contributed by atoms with Crippen LogP contribution < -0.4 is 10.5 Å². The summed E-state index contributed by atoms with van der Waals surface area (Å²) in [5, 5.41) is 0. The van der Waals surface area contributed by atoms with Crippen molar-refractivity contribution in [3.05, 3.63) is 46.6 Å². The Morgan fingerprint density at radius 3 is 2.79 bits per heavy atom. The zero-order chi connectivity index (χ0) is 14.0. The predicted octanol–water partition coefficient (Wildman–Crippen LogP) is 2.24. The SMILES string of the molecule is Nc1cc(Br)c(F)c(S(=O)(=O)NCc2ccco2)c1. The number of nitrogens with one attached hydrogen (secondary N) is 1. The molecule has 0 bridgehead atoms. The van der Waals surface area contributed by atoms with Gasteiger partial charge in [-0.25, -0.2) is 17.5 Å². The molecule has 0 atom stereocenters. The van der Waals surface area contributed by atoms with Crippen LogP contribution in [0.1, 0.15) is 5.76 Å². The molecule has 0 radical (unpaired) electrons. The fourth-order valence-electron chi connectivity index (χ4n) is 1.44. The van der Waals surface area contributed by atoms with E-state index in [2.05, 4.69) is 20.7 Å². The molecular formula is C11H10BrFN2O3S. The van der Waals surface area contributed by atoms with Gasteiger partial charge < -0.3 is 10.2 Å². The summed E-state index contributed by atoms with van der Waals surface area (Å²) in [6.07, 6.45) is 1.42. The third kappa shape index (κ3) is 3.14. The summed E-state index contributed by atoms with van der Waals surface area (Å²) >= 11 is 2.91. The molecule has 3 N–H and O–H groups in total. The Bertz CT molecular complexity index is 686. The van der Waals surface area contributed by atoms with E-state index in [0.717, 1.165) is 6.07 Å². The molecule has 2 aromatic rings. The molecule has 2 rings (SSSR count). The summed E-state index contributed by atoms with van der Waals surface area (Å²) in [5.74, 6) is -0.465.